The smallest absolute Gasteiger partial charge is 0.322 e. The number of carbonyl (C=O) groups excluding carboxylic acids is 2. The third-order valence-electron chi connectivity index (χ3n) is 2.85. The summed E-state index contributed by atoms with van der Waals surface area (Å²) in [7, 11) is 0. The van der Waals surface area contributed by atoms with Gasteiger partial charge in [0.25, 0.3) is 0 Å². The van der Waals surface area contributed by atoms with E-state index in [0.29, 0.717) is 12.8 Å². The molecule has 0 aromatic heterocycles. The summed E-state index contributed by atoms with van der Waals surface area (Å²) in [5.74, 6) is -0.761. The highest BCUT2D eigenvalue weighted by Crippen LogP contribution is 2.35. The van der Waals surface area contributed by atoms with E-state index < -0.39 is 23.6 Å². The Morgan fingerprint density at radius 3 is 2.50 bits per heavy atom. The van der Waals surface area contributed by atoms with Crippen LogP contribution in [0.15, 0.2) is 0 Å². The molecular formula is C12H20O4. The van der Waals surface area contributed by atoms with Gasteiger partial charge in [-0.15, -0.1) is 0 Å². The zero-order valence-corrected chi connectivity index (χ0v) is 10.2. The van der Waals surface area contributed by atoms with Gasteiger partial charge in [0.1, 0.15) is 11.0 Å². The van der Waals surface area contributed by atoms with Crippen LogP contribution in [-0.4, -0.2) is 29.1 Å². The molecule has 0 aliphatic heterocycles. The first-order chi connectivity index (χ1) is 7.32. The van der Waals surface area contributed by atoms with Crippen LogP contribution in [0, 0.1) is 5.41 Å². The maximum Gasteiger partial charge on any atom is 0.322 e. The minimum Gasteiger partial charge on any atom is -0.459 e. The predicted octanol–water partition coefficient (Wildman–Crippen LogP) is 1.45. The zero-order valence-electron chi connectivity index (χ0n) is 10.2. The highest BCUT2D eigenvalue weighted by Gasteiger charge is 2.48. The van der Waals surface area contributed by atoms with Crippen molar-refractivity contribution in [1.29, 1.82) is 0 Å². The second-order valence-electron chi connectivity index (χ2n) is 5.37. The molecule has 0 amide bonds. The van der Waals surface area contributed by atoms with Crippen LogP contribution in [-0.2, 0) is 14.3 Å². The van der Waals surface area contributed by atoms with E-state index in [1.54, 1.807) is 20.8 Å². The van der Waals surface area contributed by atoms with Crippen LogP contribution in [0.25, 0.3) is 0 Å². The summed E-state index contributed by atoms with van der Waals surface area (Å²) in [6, 6.07) is 0. The van der Waals surface area contributed by atoms with E-state index >= 15 is 0 Å². The summed E-state index contributed by atoms with van der Waals surface area (Å²) in [6.45, 7) is 4.82. The molecule has 0 bridgehead atoms. The highest BCUT2D eigenvalue weighted by atomic mass is 16.6. The van der Waals surface area contributed by atoms with Gasteiger partial charge in [-0.3, -0.25) is 9.59 Å². The first-order valence-corrected chi connectivity index (χ1v) is 5.69. The molecule has 0 heterocycles. The lowest BCUT2D eigenvalue weighted by Gasteiger charge is -2.34. The number of aliphatic hydroxyl groups is 1. The summed E-state index contributed by atoms with van der Waals surface area (Å²) < 4.78 is 5.22. The number of aliphatic hydroxyl groups excluding tert-OH is 1. The van der Waals surface area contributed by atoms with Gasteiger partial charge in [-0.25, -0.2) is 0 Å². The molecule has 16 heavy (non-hydrogen) atoms. The number of hydrogen-bond acceptors (Lipinski definition) is 4. The minimum atomic E-state index is -1.30. The minimum absolute atomic E-state index is 0.185. The van der Waals surface area contributed by atoms with Gasteiger partial charge in [0.15, 0.2) is 5.78 Å². The Labute approximate surface area is 96.0 Å². The van der Waals surface area contributed by atoms with Crippen LogP contribution in [0.3, 0.4) is 0 Å². The van der Waals surface area contributed by atoms with E-state index in [2.05, 4.69) is 0 Å². The summed E-state index contributed by atoms with van der Waals surface area (Å²) >= 11 is 0. The van der Waals surface area contributed by atoms with Crippen molar-refractivity contribution in [1.82, 2.24) is 0 Å². The van der Waals surface area contributed by atoms with Crippen molar-refractivity contribution in [3.05, 3.63) is 0 Å². The van der Waals surface area contributed by atoms with Crippen molar-refractivity contribution in [3.63, 3.8) is 0 Å². The van der Waals surface area contributed by atoms with Crippen molar-refractivity contribution in [2.24, 2.45) is 5.41 Å². The van der Waals surface area contributed by atoms with Gasteiger partial charge in [-0.05, 0) is 33.6 Å². The SMILES string of the molecule is CC(C)(C)OC(=O)[C@]1(CO)CCCCC1=O. The summed E-state index contributed by atoms with van der Waals surface area (Å²) in [5.41, 5.74) is -1.93. The molecule has 0 unspecified atom stereocenters. The van der Waals surface area contributed by atoms with Gasteiger partial charge in [0.05, 0.1) is 6.61 Å². The van der Waals surface area contributed by atoms with Crippen LogP contribution in [0.2, 0.25) is 0 Å². The van der Waals surface area contributed by atoms with E-state index in [4.69, 9.17) is 4.74 Å². The largest absolute Gasteiger partial charge is 0.459 e. The van der Waals surface area contributed by atoms with Crippen molar-refractivity contribution in [2.75, 3.05) is 6.61 Å². The van der Waals surface area contributed by atoms with Gasteiger partial charge in [-0.1, -0.05) is 6.42 Å². The summed E-state index contributed by atoms with van der Waals surface area (Å²) in [4.78, 5) is 23.8. The molecule has 4 heteroatoms. The van der Waals surface area contributed by atoms with Gasteiger partial charge in [0.2, 0.25) is 0 Å². The molecule has 1 saturated carbocycles. The number of rotatable bonds is 2. The second kappa shape index (κ2) is 4.53. The third-order valence-corrected chi connectivity index (χ3v) is 2.85. The maximum atomic E-state index is 12.0. The monoisotopic (exact) mass is 228 g/mol. The third kappa shape index (κ3) is 2.61. The molecule has 1 aliphatic rings. The number of carbonyl (C=O) groups is 2. The van der Waals surface area contributed by atoms with Crippen molar-refractivity contribution < 1.29 is 19.4 Å². The fraction of sp³-hybridized carbons (Fsp3) is 0.833. The van der Waals surface area contributed by atoms with E-state index in [-0.39, 0.29) is 5.78 Å². The number of ether oxygens (including phenoxy) is 1. The number of hydrogen-bond donors (Lipinski definition) is 1. The van der Waals surface area contributed by atoms with Crippen molar-refractivity contribution >= 4 is 11.8 Å². The van der Waals surface area contributed by atoms with E-state index in [0.717, 1.165) is 12.8 Å². The quantitative estimate of drug-likeness (QED) is 0.574. The Morgan fingerprint density at radius 1 is 1.44 bits per heavy atom. The fourth-order valence-electron chi connectivity index (χ4n) is 1.91. The summed E-state index contributed by atoms with van der Waals surface area (Å²) in [6.07, 6.45) is 2.34. The van der Waals surface area contributed by atoms with E-state index in [1.807, 2.05) is 0 Å². The van der Waals surface area contributed by atoms with Crippen molar-refractivity contribution in [3.8, 4) is 0 Å². The average molecular weight is 228 g/mol. The average Bonchev–Trinajstić information content (AvgIpc) is 2.16. The van der Waals surface area contributed by atoms with E-state index in [9.17, 15) is 14.7 Å². The molecule has 0 aromatic carbocycles. The number of ketones is 1. The normalized spacial score (nSPS) is 26.6. The second-order valence-corrected chi connectivity index (χ2v) is 5.37. The molecule has 0 radical (unpaired) electrons. The molecule has 1 rings (SSSR count). The molecular weight excluding hydrogens is 208 g/mol. The molecule has 1 aliphatic carbocycles. The Hall–Kier alpha value is -0.900. The molecule has 0 saturated heterocycles. The van der Waals surface area contributed by atoms with Gasteiger partial charge >= 0.3 is 5.97 Å². The van der Waals surface area contributed by atoms with E-state index in [1.165, 1.54) is 0 Å². The van der Waals surface area contributed by atoms with Gasteiger partial charge < -0.3 is 9.84 Å². The lowest BCUT2D eigenvalue weighted by atomic mass is 9.73. The van der Waals surface area contributed by atoms with Crippen LogP contribution >= 0.6 is 0 Å². The van der Waals surface area contributed by atoms with Crippen LogP contribution < -0.4 is 0 Å². The molecule has 0 aromatic rings. The Balaban J connectivity index is 2.87. The molecule has 1 atom stereocenters. The molecule has 0 spiro atoms. The Morgan fingerprint density at radius 2 is 2.06 bits per heavy atom. The van der Waals surface area contributed by atoms with Gasteiger partial charge in [0, 0.05) is 6.42 Å². The zero-order chi connectivity index (χ0) is 12.4. The predicted molar refractivity (Wildman–Crippen MR) is 58.8 cm³/mol. The van der Waals surface area contributed by atoms with Crippen molar-refractivity contribution in [2.45, 2.75) is 52.1 Å². The first-order valence-electron chi connectivity index (χ1n) is 5.69. The first kappa shape index (κ1) is 13.2. The molecule has 4 nitrogen and oxygen atoms in total. The molecule has 92 valence electrons. The van der Waals surface area contributed by atoms with Gasteiger partial charge in [-0.2, -0.15) is 0 Å². The summed E-state index contributed by atoms with van der Waals surface area (Å²) in [5, 5.41) is 9.36. The number of Topliss-reactive ketones (excluding diaryl/α,β-unsaturated/α-hetero) is 1. The molecule has 1 fully saturated rings. The Kier molecular flexibility index (Phi) is 3.73. The maximum absolute atomic E-state index is 12.0. The number of esters is 1. The lowest BCUT2D eigenvalue weighted by Crippen LogP contribution is -2.47. The fourth-order valence-corrected chi connectivity index (χ4v) is 1.91. The topological polar surface area (TPSA) is 63.6 Å². The Bertz CT molecular complexity index is 290. The highest BCUT2D eigenvalue weighted by molar-refractivity contribution is 6.04. The molecule has 1 N–H and O–H groups in total. The lowest BCUT2D eigenvalue weighted by molar-refractivity contribution is -0.175. The van der Waals surface area contributed by atoms with Crippen LogP contribution in [0.1, 0.15) is 46.5 Å². The standard InChI is InChI=1S/C12H20O4/c1-11(2,3)16-10(15)12(8-13)7-5-4-6-9(12)14/h13H,4-8H2,1-3H3/t12-/m0/s1. The van der Waals surface area contributed by atoms with Crippen LogP contribution in [0.5, 0.6) is 0 Å². The van der Waals surface area contributed by atoms with Crippen LogP contribution in [0.4, 0.5) is 0 Å².